The standard InChI is InChI=1S/C12H20N4.ClH/c1-10(12-9-14-4-5-15-12)16-6-2-11(8-13)3-7-16;/h4-5,9-11H,2-3,6-8,13H2,1H3;1H. The highest BCUT2D eigenvalue weighted by Gasteiger charge is 2.23. The molecule has 1 unspecified atom stereocenters. The van der Waals surface area contributed by atoms with Crippen LogP contribution in [0.4, 0.5) is 0 Å². The molecular weight excluding hydrogens is 236 g/mol. The molecule has 0 saturated carbocycles. The third-order valence-electron chi connectivity index (χ3n) is 3.54. The number of rotatable bonds is 3. The average molecular weight is 257 g/mol. The molecule has 0 amide bonds. The van der Waals surface area contributed by atoms with Crippen molar-refractivity contribution >= 4 is 12.4 Å². The predicted molar refractivity (Wildman–Crippen MR) is 71.0 cm³/mol. The molecule has 96 valence electrons. The number of hydrogen-bond acceptors (Lipinski definition) is 4. The van der Waals surface area contributed by atoms with Crippen LogP contribution < -0.4 is 5.73 Å². The Morgan fingerprint density at radius 2 is 2.12 bits per heavy atom. The highest BCUT2D eigenvalue weighted by Crippen LogP contribution is 2.24. The summed E-state index contributed by atoms with van der Waals surface area (Å²) in [6.45, 7) is 5.28. The van der Waals surface area contributed by atoms with Crippen molar-refractivity contribution in [2.24, 2.45) is 11.7 Å². The molecule has 1 aromatic heterocycles. The van der Waals surface area contributed by atoms with E-state index in [0.717, 1.165) is 25.3 Å². The smallest absolute Gasteiger partial charge is 0.0755 e. The predicted octanol–water partition coefficient (Wildman–Crippen LogP) is 1.63. The first-order valence-corrected chi connectivity index (χ1v) is 6.01. The second-order valence-electron chi connectivity index (χ2n) is 4.52. The van der Waals surface area contributed by atoms with E-state index < -0.39 is 0 Å². The van der Waals surface area contributed by atoms with Gasteiger partial charge in [0.15, 0.2) is 0 Å². The number of halogens is 1. The lowest BCUT2D eigenvalue weighted by Gasteiger charge is -2.35. The molecule has 1 atom stereocenters. The summed E-state index contributed by atoms with van der Waals surface area (Å²) in [6.07, 6.45) is 7.76. The maximum Gasteiger partial charge on any atom is 0.0755 e. The fourth-order valence-corrected chi connectivity index (χ4v) is 2.29. The molecule has 0 radical (unpaired) electrons. The first kappa shape index (κ1) is 14.4. The first-order valence-electron chi connectivity index (χ1n) is 6.01. The molecule has 2 rings (SSSR count). The van der Waals surface area contributed by atoms with Crippen LogP contribution in [0.5, 0.6) is 0 Å². The summed E-state index contributed by atoms with van der Waals surface area (Å²) in [4.78, 5) is 11.0. The minimum absolute atomic E-state index is 0. The van der Waals surface area contributed by atoms with E-state index in [1.54, 1.807) is 12.4 Å². The molecule has 1 aliphatic rings. The fraction of sp³-hybridized carbons (Fsp3) is 0.667. The quantitative estimate of drug-likeness (QED) is 0.893. The van der Waals surface area contributed by atoms with E-state index in [2.05, 4.69) is 21.8 Å². The summed E-state index contributed by atoms with van der Waals surface area (Å²) in [5.41, 5.74) is 6.76. The van der Waals surface area contributed by atoms with Gasteiger partial charge in [-0.3, -0.25) is 14.9 Å². The molecule has 0 aromatic carbocycles. The van der Waals surface area contributed by atoms with Crippen molar-refractivity contribution in [3.8, 4) is 0 Å². The van der Waals surface area contributed by atoms with Crippen LogP contribution in [-0.2, 0) is 0 Å². The van der Waals surface area contributed by atoms with E-state index >= 15 is 0 Å². The SMILES string of the molecule is CC(c1cnccn1)N1CCC(CN)CC1.Cl. The minimum atomic E-state index is 0. The summed E-state index contributed by atoms with van der Waals surface area (Å²) in [7, 11) is 0. The van der Waals surface area contributed by atoms with Crippen LogP contribution in [0.15, 0.2) is 18.6 Å². The van der Waals surface area contributed by atoms with Crippen molar-refractivity contribution in [2.45, 2.75) is 25.8 Å². The third kappa shape index (κ3) is 3.63. The van der Waals surface area contributed by atoms with E-state index in [9.17, 15) is 0 Å². The summed E-state index contributed by atoms with van der Waals surface area (Å²) in [5, 5.41) is 0. The summed E-state index contributed by atoms with van der Waals surface area (Å²) < 4.78 is 0. The van der Waals surface area contributed by atoms with Gasteiger partial charge >= 0.3 is 0 Å². The van der Waals surface area contributed by atoms with Crippen LogP contribution in [-0.4, -0.2) is 34.5 Å². The highest BCUT2D eigenvalue weighted by atomic mass is 35.5. The Bertz CT molecular complexity index is 312. The van der Waals surface area contributed by atoms with Crippen LogP contribution in [0.3, 0.4) is 0 Å². The van der Waals surface area contributed by atoms with Crippen LogP contribution >= 0.6 is 12.4 Å². The normalized spacial score (nSPS) is 19.6. The monoisotopic (exact) mass is 256 g/mol. The molecule has 1 aromatic rings. The molecule has 0 spiro atoms. The van der Waals surface area contributed by atoms with Crippen LogP contribution in [0.25, 0.3) is 0 Å². The second-order valence-corrected chi connectivity index (χ2v) is 4.52. The van der Waals surface area contributed by atoms with E-state index in [4.69, 9.17) is 5.73 Å². The van der Waals surface area contributed by atoms with Gasteiger partial charge in [0, 0.05) is 18.6 Å². The molecular formula is C12H21ClN4. The Morgan fingerprint density at radius 3 is 2.65 bits per heavy atom. The van der Waals surface area contributed by atoms with Crippen molar-refractivity contribution in [3.63, 3.8) is 0 Å². The van der Waals surface area contributed by atoms with Gasteiger partial charge in [0.05, 0.1) is 11.7 Å². The van der Waals surface area contributed by atoms with Gasteiger partial charge in [0.1, 0.15) is 0 Å². The number of hydrogen-bond donors (Lipinski definition) is 1. The molecule has 17 heavy (non-hydrogen) atoms. The molecule has 1 saturated heterocycles. The summed E-state index contributed by atoms with van der Waals surface area (Å²) in [6, 6.07) is 0.368. The molecule has 5 heteroatoms. The van der Waals surface area contributed by atoms with Gasteiger partial charge in [-0.15, -0.1) is 12.4 Å². The van der Waals surface area contributed by atoms with Gasteiger partial charge in [0.25, 0.3) is 0 Å². The van der Waals surface area contributed by atoms with Crippen LogP contribution in [0.1, 0.15) is 31.5 Å². The molecule has 0 bridgehead atoms. The Labute approximate surface area is 109 Å². The van der Waals surface area contributed by atoms with Crippen molar-refractivity contribution in [2.75, 3.05) is 19.6 Å². The Hall–Kier alpha value is -0.710. The van der Waals surface area contributed by atoms with Gasteiger partial charge in [-0.1, -0.05) is 0 Å². The zero-order chi connectivity index (χ0) is 11.4. The average Bonchev–Trinajstić information content (AvgIpc) is 2.39. The molecule has 1 aliphatic heterocycles. The van der Waals surface area contributed by atoms with Gasteiger partial charge in [0.2, 0.25) is 0 Å². The van der Waals surface area contributed by atoms with Gasteiger partial charge in [-0.05, 0) is 45.3 Å². The van der Waals surface area contributed by atoms with Gasteiger partial charge < -0.3 is 5.73 Å². The number of aromatic nitrogens is 2. The Morgan fingerprint density at radius 1 is 1.41 bits per heavy atom. The number of nitrogens with two attached hydrogens (primary N) is 1. The maximum absolute atomic E-state index is 5.70. The zero-order valence-electron chi connectivity index (χ0n) is 10.2. The molecule has 1 fully saturated rings. The number of likely N-dealkylation sites (tertiary alicyclic amines) is 1. The molecule has 2 heterocycles. The van der Waals surface area contributed by atoms with Gasteiger partial charge in [-0.25, -0.2) is 0 Å². The second kappa shape index (κ2) is 6.89. The molecule has 4 nitrogen and oxygen atoms in total. The van der Waals surface area contributed by atoms with Crippen LogP contribution in [0, 0.1) is 5.92 Å². The van der Waals surface area contributed by atoms with Crippen molar-refractivity contribution in [3.05, 3.63) is 24.3 Å². The number of piperidine rings is 1. The zero-order valence-corrected chi connectivity index (χ0v) is 11.1. The van der Waals surface area contributed by atoms with E-state index in [1.807, 2.05) is 6.20 Å². The van der Waals surface area contributed by atoms with Gasteiger partial charge in [-0.2, -0.15) is 0 Å². The summed E-state index contributed by atoms with van der Waals surface area (Å²) >= 11 is 0. The maximum atomic E-state index is 5.70. The van der Waals surface area contributed by atoms with Crippen molar-refractivity contribution in [1.82, 2.24) is 14.9 Å². The third-order valence-corrected chi connectivity index (χ3v) is 3.54. The first-order chi connectivity index (χ1) is 7.81. The largest absolute Gasteiger partial charge is 0.330 e. The van der Waals surface area contributed by atoms with Crippen LogP contribution in [0.2, 0.25) is 0 Å². The lowest BCUT2D eigenvalue weighted by molar-refractivity contribution is 0.141. The number of nitrogens with zero attached hydrogens (tertiary/aromatic N) is 3. The fourth-order valence-electron chi connectivity index (χ4n) is 2.29. The lowest BCUT2D eigenvalue weighted by Crippen LogP contribution is -2.37. The molecule has 2 N–H and O–H groups in total. The summed E-state index contributed by atoms with van der Waals surface area (Å²) in [5.74, 6) is 0.713. The molecule has 0 aliphatic carbocycles. The lowest BCUT2D eigenvalue weighted by atomic mass is 9.96. The Kier molecular flexibility index (Phi) is 5.82. The van der Waals surface area contributed by atoms with E-state index in [-0.39, 0.29) is 12.4 Å². The Balaban J connectivity index is 0.00000144. The van der Waals surface area contributed by atoms with E-state index in [1.165, 1.54) is 12.8 Å². The topological polar surface area (TPSA) is 55.0 Å². The van der Waals surface area contributed by atoms with Crippen molar-refractivity contribution in [1.29, 1.82) is 0 Å². The minimum Gasteiger partial charge on any atom is -0.330 e. The van der Waals surface area contributed by atoms with Crippen molar-refractivity contribution < 1.29 is 0 Å². The highest BCUT2D eigenvalue weighted by molar-refractivity contribution is 5.85. The van der Waals surface area contributed by atoms with E-state index in [0.29, 0.717) is 12.0 Å².